The fourth-order valence-electron chi connectivity index (χ4n) is 2.41. The van der Waals surface area contributed by atoms with Crippen LogP contribution in [0.3, 0.4) is 0 Å². The van der Waals surface area contributed by atoms with Crippen molar-refractivity contribution in [2.75, 3.05) is 12.9 Å². The van der Waals surface area contributed by atoms with Crippen molar-refractivity contribution < 1.29 is 19.1 Å². The van der Waals surface area contributed by atoms with Gasteiger partial charge in [-0.15, -0.1) is 11.8 Å². The quantitative estimate of drug-likeness (QED) is 0.650. The molecule has 0 saturated carbocycles. The molecule has 2 atom stereocenters. The molecule has 0 spiro atoms. The minimum atomic E-state index is -0.614. The van der Waals surface area contributed by atoms with Crippen LogP contribution < -0.4 is 10.5 Å². The van der Waals surface area contributed by atoms with Gasteiger partial charge in [-0.1, -0.05) is 23.7 Å². The molecule has 1 saturated heterocycles. The summed E-state index contributed by atoms with van der Waals surface area (Å²) in [6.07, 6.45) is 0. The molecule has 0 bridgehead atoms. The Hall–Kier alpha value is -1.70. The lowest BCUT2D eigenvalue weighted by atomic mass is 10.1. The first-order valence-electron chi connectivity index (χ1n) is 6.92. The fourth-order valence-corrected chi connectivity index (χ4v) is 3.90. The monoisotopic (exact) mass is 354 g/mol. The summed E-state index contributed by atoms with van der Waals surface area (Å²) < 4.78 is 10.4. The third-order valence-corrected chi connectivity index (χ3v) is 5.46. The summed E-state index contributed by atoms with van der Waals surface area (Å²) in [5, 5.41) is 0.0692. The first-order chi connectivity index (χ1) is 11.0. The van der Waals surface area contributed by atoms with E-state index in [1.54, 1.807) is 31.4 Å². The van der Waals surface area contributed by atoms with Crippen molar-refractivity contribution in [3.8, 4) is 5.75 Å². The highest BCUT2D eigenvalue weighted by Crippen LogP contribution is 2.40. The molecule has 2 N–H and O–H groups in total. The van der Waals surface area contributed by atoms with E-state index in [-0.39, 0.29) is 23.6 Å². The number of thioether (sulfide) groups is 1. The van der Waals surface area contributed by atoms with Gasteiger partial charge in [0.15, 0.2) is 0 Å². The number of nitrogens with two attached hydrogens (primary N) is 1. The van der Waals surface area contributed by atoms with Crippen LogP contribution in [0, 0.1) is 0 Å². The first-order valence-corrected chi connectivity index (χ1v) is 8.34. The van der Waals surface area contributed by atoms with Gasteiger partial charge in [-0.2, -0.15) is 0 Å². The van der Waals surface area contributed by atoms with E-state index in [1.165, 1.54) is 16.7 Å². The molecule has 23 heavy (non-hydrogen) atoms. The molecule has 1 fully saturated rings. The van der Waals surface area contributed by atoms with Crippen molar-refractivity contribution in [3.05, 3.63) is 40.6 Å². The number of nitrogens with zero attached hydrogens (tertiary/aromatic N) is 1. The average Bonchev–Trinajstić information content (AvgIpc) is 2.59. The number of fused-ring (bicyclic) bond motifs is 1. The standard InChI is InChI=1S/C15H15ClN2O4S/c1-21-9-4-2-8(3-5-9)6-22-15(20)12-10(16)7-23-14-11(17)13(19)18(12)14/h2-5,11,14H,6-7,17H2,1H3/t11?,14-/m0/s1. The summed E-state index contributed by atoms with van der Waals surface area (Å²) >= 11 is 7.55. The Bertz CT molecular complexity index is 677. The zero-order valence-electron chi connectivity index (χ0n) is 12.3. The predicted molar refractivity (Wildman–Crippen MR) is 86.7 cm³/mol. The minimum Gasteiger partial charge on any atom is -0.497 e. The Morgan fingerprint density at radius 3 is 2.78 bits per heavy atom. The zero-order valence-corrected chi connectivity index (χ0v) is 13.9. The topological polar surface area (TPSA) is 81.9 Å². The summed E-state index contributed by atoms with van der Waals surface area (Å²) in [5.74, 6) is 0.239. The van der Waals surface area contributed by atoms with Crippen LogP contribution in [0.4, 0.5) is 0 Å². The molecule has 1 aromatic rings. The second-order valence-corrected chi connectivity index (χ2v) is 6.67. The summed E-state index contributed by atoms with van der Waals surface area (Å²) in [5.41, 5.74) is 6.65. The number of esters is 1. The van der Waals surface area contributed by atoms with E-state index in [4.69, 9.17) is 26.8 Å². The summed E-state index contributed by atoms with van der Waals surface area (Å²) in [6.45, 7) is 0.0857. The van der Waals surface area contributed by atoms with Crippen molar-refractivity contribution in [2.24, 2.45) is 5.73 Å². The highest BCUT2D eigenvalue weighted by molar-refractivity contribution is 8.00. The lowest BCUT2D eigenvalue weighted by molar-refractivity contribution is -0.151. The Balaban J connectivity index is 1.68. The molecule has 0 aliphatic carbocycles. The molecule has 1 unspecified atom stereocenters. The predicted octanol–water partition coefficient (Wildman–Crippen LogP) is 1.43. The van der Waals surface area contributed by atoms with E-state index in [1.807, 2.05) is 0 Å². The summed E-state index contributed by atoms with van der Waals surface area (Å²) in [7, 11) is 1.58. The Morgan fingerprint density at radius 1 is 1.43 bits per heavy atom. The second-order valence-electron chi connectivity index (χ2n) is 5.11. The molecule has 0 radical (unpaired) electrons. The average molecular weight is 355 g/mol. The van der Waals surface area contributed by atoms with Crippen LogP contribution in [0.15, 0.2) is 35.0 Å². The van der Waals surface area contributed by atoms with Gasteiger partial charge >= 0.3 is 5.97 Å². The van der Waals surface area contributed by atoms with Gasteiger partial charge in [-0.05, 0) is 17.7 Å². The number of carbonyl (C=O) groups is 2. The lowest BCUT2D eigenvalue weighted by Gasteiger charge is -2.47. The Labute approximate surface area is 142 Å². The second kappa shape index (κ2) is 6.43. The molecule has 3 rings (SSSR count). The van der Waals surface area contributed by atoms with Crippen molar-refractivity contribution in [1.29, 1.82) is 0 Å². The summed E-state index contributed by atoms with van der Waals surface area (Å²) in [6, 6.07) is 6.56. The molecule has 2 aliphatic rings. The van der Waals surface area contributed by atoms with E-state index in [2.05, 4.69) is 0 Å². The van der Waals surface area contributed by atoms with Crippen LogP contribution in [0.2, 0.25) is 0 Å². The van der Waals surface area contributed by atoms with Crippen LogP contribution >= 0.6 is 23.4 Å². The van der Waals surface area contributed by atoms with Crippen molar-refractivity contribution in [2.45, 2.75) is 18.0 Å². The number of methoxy groups -OCH3 is 1. The number of rotatable bonds is 4. The number of halogens is 1. The normalized spacial score (nSPS) is 23.3. The molecule has 0 aromatic heterocycles. The molecule has 2 aliphatic heterocycles. The number of ether oxygens (including phenoxy) is 2. The number of amides is 1. The number of carbonyl (C=O) groups excluding carboxylic acids is 2. The van der Waals surface area contributed by atoms with Gasteiger partial charge < -0.3 is 15.2 Å². The van der Waals surface area contributed by atoms with Crippen LogP contribution in [0.1, 0.15) is 5.56 Å². The molecular weight excluding hydrogens is 340 g/mol. The SMILES string of the molecule is COc1ccc(COC(=O)C2=C(Cl)CS[C@H]3C(N)C(=O)N23)cc1. The molecule has 2 heterocycles. The van der Waals surface area contributed by atoms with Crippen LogP contribution in [-0.2, 0) is 20.9 Å². The van der Waals surface area contributed by atoms with E-state index >= 15 is 0 Å². The Morgan fingerprint density at radius 2 is 2.13 bits per heavy atom. The van der Waals surface area contributed by atoms with Crippen molar-refractivity contribution in [1.82, 2.24) is 4.90 Å². The van der Waals surface area contributed by atoms with E-state index < -0.39 is 12.0 Å². The molecular formula is C15H15ClN2O4S. The largest absolute Gasteiger partial charge is 0.497 e. The first kappa shape index (κ1) is 16.2. The van der Waals surface area contributed by atoms with Gasteiger partial charge in [0.05, 0.1) is 12.1 Å². The van der Waals surface area contributed by atoms with Crippen molar-refractivity contribution >= 4 is 35.2 Å². The van der Waals surface area contributed by atoms with Gasteiger partial charge in [0.1, 0.15) is 29.5 Å². The van der Waals surface area contributed by atoms with Gasteiger partial charge in [-0.25, -0.2) is 4.79 Å². The fraction of sp³-hybridized carbons (Fsp3) is 0.333. The lowest BCUT2D eigenvalue weighted by Crippen LogP contribution is -2.68. The van der Waals surface area contributed by atoms with Gasteiger partial charge in [0.2, 0.25) is 5.91 Å². The van der Waals surface area contributed by atoms with Crippen LogP contribution in [-0.4, -0.2) is 41.1 Å². The third kappa shape index (κ3) is 2.91. The summed E-state index contributed by atoms with van der Waals surface area (Å²) in [4.78, 5) is 25.5. The highest BCUT2D eigenvalue weighted by Gasteiger charge is 2.52. The molecule has 122 valence electrons. The van der Waals surface area contributed by atoms with Crippen LogP contribution in [0.25, 0.3) is 0 Å². The Kier molecular flexibility index (Phi) is 4.52. The van der Waals surface area contributed by atoms with Gasteiger partial charge in [0.25, 0.3) is 0 Å². The molecule has 1 amide bonds. The maximum atomic E-state index is 12.3. The maximum absolute atomic E-state index is 12.3. The van der Waals surface area contributed by atoms with Gasteiger partial charge in [0, 0.05) is 5.75 Å². The number of β-lactam (4-membered cyclic amide) rings is 1. The minimum absolute atomic E-state index is 0.0857. The smallest absolute Gasteiger partial charge is 0.356 e. The highest BCUT2D eigenvalue weighted by atomic mass is 35.5. The van der Waals surface area contributed by atoms with E-state index in [0.717, 1.165) is 11.3 Å². The van der Waals surface area contributed by atoms with Crippen LogP contribution in [0.5, 0.6) is 5.75 Å². The van der Waals surface area contributed by atoms with Gasteiger partial charge in [-0.3, -0.25) is 9.69 Å². The van der Waals surface area contributed by atoms with E-state index in [0.29, 0.717) is 10.8 Å². The number of benzene rings is 1. The van der Waals surface area contributed by atoms with Crippen molar-refractivity contribution in [3.63, 3.8) is 0 Å². The number of hydrogen-bond donors (Lipinski definition) is 1. The molecule has 8 heteroatoms. The third-order valence-electron chi connectivity index (χ3n) is 3.69. The molecule has 1 aromatic carbocycles. The van der Waals surface area contributed by atoms with E-state index in [9.17, 15) is 9.59 Å². The zero-order chi connectivity index (χ0) is 16.6. The maximum Gasteiger partial charge on any atom is 0.356 e. The number of hydrogen-bond acceptors (Lipinski definition) is 6. The molecule has 6 nitrogen and oxygen atoms in total.